The van der Waals surface area contributed by atoms with E-state index in [9.17, 15) is 9.59 Å². The monoisotopic (exact) mass is 390 g/mol. The predicted octanol–water partition coefficient (Wildman–Crippen LogP) is 6.05. The molecule has 1 aromatic rings. The summed E-state index contributed by atoms with van der Waals surface area (Å²) in [5.41, 5.74) is 2.62. The summed E-state index contributed by atoms with van der Waals surface area (Å²) in [7, 11) is 0. The number of esters is 2. The Kier molecular flexibility index (Phi) is 7.14. The summed E-state index contributed by atoms with van der Waals surface area (Å²) in [5.74, 6) is -0.952. The van der Waals surface area contributed by atoms with Crippen LogP contribution in [0.2, 0.25) is 0 Å². The molecular weight excluding hydrogens is 352 g/mol. The molecule has 0 spiro atoms. The Morgan fingerprint density at radius 3 is 1.82 bits per heavy atom. The fourth-order valence-electron chi connectivity index (χ4n) is 2.82. The van der Waals surface area contributed by atoms with Crippen LogP contribution >= 0.6 is 0 Å². The van der Waals surface area contributed by atoms with Crippen LogP contribution in [0.3, 0.4) is 0 Å². The number of carbonyl (C=O) groups excluding carboxylic acids is 2. The molecule has 0 atom stereocenters. The second-order valence-electron chi connectivity index (χ2n) is 11.1. The first-order chi connectivity index (χ1) is 12.4. The molecule has 158 valence electrons. The number of ether oxygens (including phenoxy) is 2. The zero-order valence-electron chi connectivity index (χ0n) is 19.6. The fourth-order valence-corrected chi connectivity index (χ4v) is 2.82. The largest absolute Gasteiger partial charge is 0.462 e. The van der Waals surface area contributed by atoms with Crippen molar-refractivity contribution in [3.63, 3.8) is 0 Å². The first-order valence-electron chi connectivity index (χ1n) is 9.95. The molecule has 0 aliphatic rings. The van der Waals surface area contributed by atoms with Crippen molar-refractivity contribution in [2.75, 3.05) is 6.61 Å². The van der Waals surface area contributed by atoms with Gasteiger partial charge >= 0.3 is 11.9 Å². The van der Waals surface area contributed by atoms with Crippen LogP contribution in [0.5, 0.6) is 0 Å². The quantitative estimate of drug-likeness (QED) is 0.587. The van der Waals surface area contributed by atoms with Gasteiger partial charge in [0, 0.05) is 0 Å². The number of rotatable bonds is 4. The summed E-state index contributed by atoms with van der Waals surface area (Å²) in [4.78, 5) is 26.1. The number of carbonyl (C=O) groups is 2. The third kappa shape index (κ3) is 7.29. The number of hydrogen-bond acceptors (Lipinski definition) is 4. The maximum Gasteiger partial charge on any atom is 0.339 e. The van der Waals surface area contributed by atoms with Crippen molar-refractivity contribution in [2.45, 2.75) is 88.2 Å². The molecule has 1 aromatic carbocycles. The Morgan fingerprint density at radius 1 is 0.857 bits per heavy atom. The van der Waals surface area contributed by atoms with E-state index in [1.807, 2.05) is 55.4 Å². The Morgan fingerprint density at radius 2 is 1.39 bits per heavy atom. The van der Waals surface area contributed by atoms with Crippen molar-refractivity contribution >= 4 is 11.9 Å². The summed E-state index contributed by atoms with van der Waals surface area (Å²) in [6, 6.07) is 1.75. The van der Waals surface area contributed by atoms with Gasteiger partial charge in [-0.1, -0.05) is 41.5 Å². The van der Waals surface area contributed by atoms with Gasteiger partial charge in [-0.2, -0.15) is 0 Å². The maximum absolute atomic E-state index is 13.1. The highest BCUT2D eigenvalue weighted by Crippen LogP contribution is 2.31. The molecule has 4 heteroatoms. The molecule has 0 unspecified atom stereocenters. The maximum atomic E-state index is 13.1. The van der Waals surface area contributed by atoms with Crippen molar-refractivity contribution in [1.82, 2.24) is 0 Å². The van der Waals surface area contributed by atoms with E-state index in [0.717, 1.165) is 16.7 Å². The summed E-state index contributed by atoms with van der Waals surface area (Å²) < 4.78 is 11.2. The lowest BCUT2D eigenvalue weighted by molar-refractivity contribution is 0.00617. The van der Waals surface area contributed by atoms with Crippen LogP contribution in [-0.2, 0) is 15.9 Å². The molecule has 1 rings (SSSR count). The van der Waals surface area contributed by atoms with Gasteiger partial charge in [-0.25, -0.2) is 9.59 Å². The molecule has 0 aliphatic carbocycles. The molecule has 28 heavy (non-hydrogen) atoms. The normalized spacial score (nSPS) is 12.7. The summed E-state index contributed by atoms with van der Waals surface area (Å²) in [6.45, 7) is 22.1. The highest BCUT2D eigenvalue weighted by Gasteiger charge is 2.30. The molecule has 0 fully saturated rings. The molecule has 0 saturated heterocycles. The summed E-state index contributed by atoms with van der Waals surface area (Å²) in [6.07, 6.45) is 0.663. The van der Waals surface area contributed by atoms with Crippen LogP contribution in [0, 0.1) is 24.7 Å². The highest BCUT2D eigenvalue weighted by atomic mass is 16.6. The van der Waals surface area contributed by atoms with Crippen molar-refractivity contribution < 1.29 is 19.1 Å². The number of benzene rings is 1. The van der Waals surface area contributed by atoms with E-state index in [2.05, 4.69) is 20.8 Å². The Bertz CT molecular complexity index is 738. The minimum absolute atomic E-state index is 0.0528. The first-order valence-corrected chi connectivity index (χ1v) is 9.95. The van der Waals surface area contributed by atoms with Crippen LogP contribution in [0.1, 0.15) is 99.7 Å². The van der Waals surface area contributed by atoms with Crippen LogP contribution in [-0.4, -0.2) is 24.1 Å². The van der Waals surface area contributed by atoms with E-state index in [1.54, 1.807) is 6.07 Å². The topological polar surface area (TPSA) is 52.6 Å². The summed E-state index contributed by atoms with van der Waals surface area (Å²) >= 11 is 0. The van der Waals surface area contributed by atoms with Gasteiger partial charge in [0.05, 0.1) is 17.7 Å². The van der Waals surface area contributed by atoms with Crippen molar-refractivity contribution in [2.24, 2.45) is 10.8 Å². The molecule has 0 bridgehead atoms. The minimum atomic E-state index is -0.646. The van der Waals surface area contributed by atoms with Crippen LogP contribution in [0.15, 0.2) is 6.07 Å². The molecule has 0 heterocycles. The van der Waals surface area contributed by atoms with Gasteiger partial charge < -0.3 is 9.47 Å². The second-order valence-corrected chi connectivity index (χ2v) is 11.1. The molecule has 0 radical (unpaired) electrons. The van der Waals surface area contributed by atoms with Crippen LogP contribution in [0.4, 0.5) is 0 Å². The van der Waals surface area contributed by atoms with Gasteiger partial charge in [-0.15, -0.1) is 0 Å². The lowest BCUT2D eigenvalue weighted by Crippen LogP contribution is -2.28. The second kappa shape index (κ2) is 8.26. The molecule has 0 aliphatic heterocycles. The average molecular weight is 391 g/mol. The highest BCUT2D eigenvalue weighted by molar-refractivity contribution is 6.05. The van der Waals surface area contributed by atoms with Crippen LogP contribution < -0.4 is 0 Å². The molecule has 0 aromatic heterocycles. The van der Waals surface area contributed by atoms with Crippen molar-refractivity contribution in [1.29, 1.82) is 0 Å². The lowest BCUT2D eigenvalue weighted by Gasteiger charge is -2.26. The van der Waals surface area contributed by atoms with E-state index in [0.29, 0.717) is 12.0 Å². The van der Waals surface area contributed by atoms with Gasteiger partial charge in [-0.3, -0.25) is 0 Å². The summed E-state index contributed by atoms with van der Waals surface area (Å²) in [5, 5.41) is 0. The van der Waals surface area contributed by atoms with E-state index in [4.69, 9.17) is 9.47 Å². The van der Waals surface area contributed by atoms with Gasteiger partial charge in [0.2, 0.25) is 0 Å². The third-order valence-corrected chi connectivity index (χ3v) is 4.14. The zero-order chi connectivity index (χ0) is 22.1. The molecular formula is C24H38O4. The Balaban J connectivity index is 3.61. The van der Waals surface area contributed by atoms with E-state index >= 15 is 0 Å². The number of aryl methyl sites for hydroxylation is 1. The predicted molar refractivity (Wildman–Crippen MR) is 114 cm³/mol. The fraction of sp³-hybridized carbons (Fsp3) is 0.667. The van der Waals surface area contributed by atoms with E-state index < -0.39 is 17.5 Å². The van der Waals surface area contributed by atoms with Crippen molar-refractivity contribution in [3.05, 3.63) is 33.9 Å². The third-order valence-electron chi connectivity index (χ3n) is 4.14. The standard InChI is InChI=1S/C24H38O4/c1-15-12-17(20(25)28-24(9,10)11)19(21(26)27-14-23(6,7)8)18(16(15)2)13-22(3,4)5/h12H,13-14H2,1-11H3. The molecule has 0 N–H and O–H groups in total. The van der Waals surface area contributed by atoms with Crippen LogP contribution in [0.25, 0.3) is 0 Å². The van der Waals surface area contributed by atoms with E-state index in [-0.39, 0.29) is 23.0 Å². The van der Waals surface area contributed by atoms with E-state index in [1.165, 1.54) is 0 Å². The zero-order valence-corrected chi connectivity index (χ0v) is 19.6. The smallest absolute Gasteiger partial charge is 0.339 e. The van der Waals surface area contributed by atoms with Gasteiger partial charge in [0.25, 0.3) is 0 Å². The Hall–Kier alpha value is -1.84. The SMILES string of the molecule is Cc1cc(C(=O)OC(C)(C)C)c(C(=O)OCC(C)(C)C)c(CC(C)(C)C)c1C. The molecule has 0 amide bonds. The number of hydrogen-bond donors (Lipinski definition) is 0. The van der Waals surface area contributed by atoms with Crippen molar-refractivity contribution in [3.8, 4) is 0 Å². The van der Waals surface area contributed by atoms with Gasteiger partial charge in [0.15, 0.2) is 0 Å². The van der Waals surface area contributed by atoms with Gasteiger partial charge in [0.1, 0.15) is 5.60 Å². The first kappa shape index (κ1) is 24.2. The lowest BCUT2D eigenvalue weighted by atomic mass is 9.81. The molecule has 4 nitrogen and oxygen atoms in total. The minimum Gasteiger partial charge on any atom is -0.462 e. The van der Waals surface area contributed by atoms with Gasteiger partial charge in [-0.05, 0) is 74.6 Å². The molecule has 0 saturated carbocycles. The Labute approximate surface area is 171 Å². The average Bonchev–Trinajstić information content (AvgIpc) is 2.45.